The van der Waals surface area contributed by atoms with Crippen molar-refractivity contribution in [2.24, 2.45) is 0 Å². The van der Waals surface area contributed by atoms with Crippen LogP contribution in [-0.4, -0.2) is 17.9 Å². The van der Waals surface area contributed by atoms with Crippen molar-refractivity contribution in [2.45, 2.75) is 20.4 Å². The molecule has 1 amide bonds. The second-order valence-electron chi connectivity index (χ2n) is 2.54. The molecule has 7 nitrogen and oxygen atoms in total. The van der Waals surface area contributed by atoms with Crippen LogP contribution in [0.15, 0.2) is 4.63 Å². The van der Waals surface area contributed by atoms with Crippen molar-refractivity contribution in [3.8, 4) is 0 Å². The van der Waals surface area contributed by atoms with Crippen molar-refractivity contribution >= 4 is 6.09 Å². The molecular formula is C7H11N3O4. The minimum atomic E-state index is -0.576. The van der Waals surface area contributed by atoms with Gasteiger partial charge in [0.25, 0.3) is 0 Å². The Bertz CT molecular complexity index is 303. The van der Waals surface area contributed by atoms with Gasteiger partial charge in [0.1, 0.15) is 0 Å². The van der Waals surface area contributed by atoms with Crippen molar-refractivity contribution in [1.29, 1.82) is 0 Å². The van der Waals surface area contributed by atoms with Gasteiger partial charge in [0.15, 0.2) is 0 Å². The monoisotopic (exact) mass is 201 g/mol. The number of carbonyl (C=O) groups is 1. The molecule has 0 aromatic carbocycles. The van der Waals surface area contributed by atoms with Crippen LogP contribution in [0.5, 0.6) is 0 Å². The van der Waals surface area contributed by atoms with Crippen molar-refractivity contribution in [2.75, 3.05) is 6.61 Å². The third kappa shape index (κ3) is 2.35. The second-order valence-corrected chi connectivity index (χ2v) is 2.54. The molecule has 1 aromatic rings. The molecule has 0 aliphatic carbocycles. The SMILES string of the molecule is CCOC(=O)NCc1c(C)no[n+]1[O-]. The zero-order valence-electron chi connectivity index (χ0n) is 7.94. The first-order valence-electron chi connectivity index (χ1n) is 4.11. The van der Waals surface area contributed by atoms with E-state index >= 15 is 0 Å². The number of nitrogens with zero attached hydrogens (tertiary/aromatic N) is 2. The first-order valence-corrected chi connectivity index (χ1v) is 4.11. The largest absolute Gasteiger partial charge is 0.450 e. The van der Waals surface area contributed by atoms with E-state index in [0.717, 1.165) is 0 Å². The van der Waals surface area contributed by atoms with E-state index in [-0.39, 0.29) is 23.7 Å². The number of aromatic nitrogens is 2. The van der Waals surface area contributed by atoms with Gasteiger partial charge in [-0.15, -0.1) is 0 Å². The lowest BCUT2D eigenvalue weighted by Crippen LogP contribution is -2.34. The van der Waals surface area contributed by atoms with Crippen LogP contribution in [0.3, 0.4) is 0 Å². The molecule has 78 valence electrons. The maximum Gasteiger partial charge on any atom is 0.407 e. The molecule has 1 N–H and O–H groups in total. The fourth-order valence-electron chi connectivity index (χ4n) is 0.863. The van der Waals surface area contributed by atoms with Crippen molar-refractivity contribution in [1.82, 2.24) is 10.5 Å². The fraction of sp³-hybridized carbons (Fsp3) is 0.571. The third-order valence-corrected chi connectivity index (χ3v) is 1.57. The van der Waals surface area contributed by atoms with E-state index in [1.807, 2.05) is 0 Å². The Morgan fingerprint density at radius 3 is 3.00 bits per heavy atom. The standard InChI is InChI=1S/C7H11N3O4/c1-3-13-7(11)8-4-6-5(2)9-14-10(6)12/h3-4H2,1-2H3,(H,8,11). The van der Waals surface area contributed by atoms with E-state index < -0.39 is 6.09 Å². The topological polar surface area (TPSA) is 91.3 Å². The van der Waals surface area contributed by atoms with Crippen LogP contribution < -0.4 is 10.2 Å². The van der Waals surface area contributed by atoms with Crippen LogP contribution in [-0.2, 0) is 11.3 Å². The smallest absolute Gasteiger partial charge is 0.407 e. The molecule has 0 fully saturated rings. The van der Waals surface area contributed by atoms with Gasteiger partial charge in [-0.25, -0.2) is 4.79 Å². The highest BCUT2D eigenvalue weighted by Crippen LogP contribution is 1.97. The lowest BCUT2D eigenvalue weighted by Gasteiger charge is -2.02. The van der Waals surface area contributed by atoms with E-state index in [0.29, 0.717) is 5.69 Å². The van der Waals surface area contributed by atoms with E-state index in [9.17, 15) is 10.0 Å². The zero-order valence-corrected chi connectivity index (χ0v) is 7.94. The lowest BCUT2D eigenvalue weighted by molar-refractivity contribution is -0.808. The van der Waals surface area contributed by atoms with Gasteiger partial charge in [-0.2, -0.15) is 0 Å². The highest BCUT2D eigenvalue weighted by molar-refractivity contribution is 5.66. The summed E-state index contributed by atoms with van der Waals surface area (Å²) in [5.41, 5.74) is 0.704. The fourth-order valence-corrected chi connectivity index (χ4v) is 0.863. The molecule has 0 radical (unpaired) electrons. The van der Waals surface area contributed by atoms with Crippen LogP contribution in [0.1, 0.15) is 18.3 Å². The number of amides is 1. The summed E-state index contributed by atoms with van der Waals surface area (Å²) < 4.78 is 8.91. The van der Waals surface area contributed by atoms with Gasteiger partial charge in [0.2, 0.25) is 11.4 Å². The molecule has 1 rings (SSSR count). The molecule has 0 saturated carbocycles. The summed E-state index contributed by atoms with van der Waals surface area (Å²) in [4.78, 5) is 11.1. The summed E-state index contributed by atoms with van der Waals surface area (Å²) in [6, 6.07) is 0. The van der Waals surface area contributed by atoms with E-state index in [2.05, 4.69) is 19.8 Å². The number of aryl methyl sites for hydroxylation is 1. The number of rotatable bonds is 3. The Kier molecular flexibility index (Phi) is 3.27. The van der Waals surface area contributed by atoms with Gasteiger partial charge in [0.05, 0.1) is 13.2 Å². The van der Waals surface area contributed by atoms with Crippen LogP contribution in [0.2, 0.25) is 0 Å². The first-order chi connectivity index (χ1) is 6.65. The Morgan fingerprint density at radius 2 is 2.50 bits per heavy atom. The van der Waals surface area contributed by atoms with Crippen molar-refractivity contribution < 1.29 is 19.1 Å². The van der Waals surface area contributed by atoms with Crippen LogP contribution in [0, 0.1) is 12.1 Å². The van der Waals surface area contributed by atoms with E-state index in [1.165, 1.54) is 0 Å². The number of hydrogen-bond acceptors (Lipinski definition) is 5. The molecule has 0 aliphatic rings. The van der Waals surface area contributed by atoms with E-state index in [1.54, 1.807) is 13.8 Å². The summed E-state index contributed by atoms with van der Waals surface area (Å²) in [6.07, 6.45) is -0.576. The minimum absolute atomic E-state index is 0.0394. The number of carbonyl (C=O) groups excluding carboxylic acids is 1. The summed E-state index contributed by atoms with van der Waals surface area (Å²) in [7, 11) is 0. The molecule has 14 heavy (non-hydrogen) atoms. The van der Waals surface area contributed by atoms with E-state index in [4.69, 9.17) is 0 Å². The van der Waals surface area contributed by atoms with Crippen LogP contribution >= 0.6 is 0 Å². The predicted molar refractivity (Wildman–Crippen MR) is 44.1 cm³/mol. The Balaban J connectivity index is 2.49. The van der Waals surface area contributed by atoms with Gasteiger partial charge in [-0.1, -0.05) is 0 Å². The van der Waals surface area contributed by atoms with Crippen LogP contribution in [0.4, 0.5) is 4.79 Å². The molecule has 1 aromatic heterocycles. The normalized spacial score (nSPS) is 9.86. The summed E-state index contributed by atoms with van der Waals surface area (Å²) in [6.45, 7) is 3.63. The van der Waals surface area contributed by atoms with Crippen molar-refractivity contribution in [3.63, 3.8) is 0 Å². The van der Waals surface area contributed by atoms with Gasteiger partial charge in [0, 0.05) is 12.1 Å². The van der Waals surface area contributed by atoms with Gasteiger partial charge >= 0.3 is 6.09 Å². The first kappa shape index (κ1) is 10.3. The number of ether oxygens (including phenoxy) is 1. The molecule has 0 saturated heterocycles. The predicted octanol–water partition coefficient (Wildman–Crippen LogP) is -0.137. The summed E-state index contributed by atoms with van der Waals surface area (Å²) in [5.74, 6) is 0. The van der Waals surface area contributed by atoms with Crippen molar-refractivity contribution in [3.05, 3.63) is 16.6 Å². The molecule has 0 aliphatic heterocycles. The third-order valence-electron chi connectivity index (χ3n) is 1.57. The van der Waals surface area contributed by atoms with Crippen LogP contribution in [0.25, 0.3) is 0 Å². The molecule has 1 heterocycles. The average molecular weight is 201 g/mol. The molecule has 0 spiro atoms. The molecule has 0 atom stereocenters. The molecule has 0 unspecified atom stereocenters. The highest BCUT2D eigenvalue weighted by atomic mass is 16.8. The molecular weight excluding hydrogens is 190 g/mol. The van der Waals surface area contributed by atoms with Gasteiger partial charge in [-0.05, 0) is 11.8 Å². The van der Waals surface area contributed by atoms with Gasteiger partial charge in [-0.3, -0.25) is 4.63 Å². The second kappa shape index (κ2) is 4.45. The van der Waals surface area contributed by atoms with Gasteiger partial charge < -0.3 is 15.3 Å². The Morgan fingerprint density at radius 1 is 1.79 bits per heavy atom. The summed E-state index contributed by atoms with van der Waals surface area (Å²) in [5, 5.41) is 16.7. The molecule has 7 heteroatoms. The maximum atomic E-state index is 10.9. The quantitative estimate of drug-likeness (QED) is 0.687. The average Bonchev–Trinajstić information content (AvgIpc) is 2.44. The Labute approximate surface area is 80.2 Å². The highest BCUT2D eigenvalue weighted by Gasteiger charge is 2.15. The maximum absolute atomic E-state index is 10.9. The Hall–Kier alpha value is -1.79. The molecule has 0 bridgehead atoms. The number of hydrogen-bond donors (Lipinski definition) is 1. The summed E-state index contributed by atoms with van der Waals surface area (Å²) >= 11 is 0. The number of alkyl carbamates (subject to hydrolysis) is 1. The zero-order chi connectivity index (χ0) is 10.6. The number of nitrogens with one attached hydrogen (secondary N) is 1. The minimum Gasteiger partial charge on any atom is -0.450 e. The lowest BCUT2D eigenvalue weighted by atomic mass is 10.3.